The van der Waals surface area contributed by atoms with Crippen LogP contribution >= 0.6 is 0 Å². The van der Waals surface area contributed by atoms with Crippen LogP contribution in [0.1, 0.15) is 29.5 Å². The quantitative estimate of drug-likeness (QED) is 0.792. The van der Waals surface area contributed by atoms with Crippen molar-refractivity contribution < 1.29 is 13.2 Å². The highest BCUT2D eigenvalue weighted by Gasteiger charge is 2.34. The summed E-state index contributed by atoms with van der Waals surface area (Å²) in [6.07, 6.45) is 2.59. The number of benzene rings is 2. The van der Waals surface area contributed by atoms with Crippen LogP contribution in [0.15, 0.2) is 48.5 Å². The number of rotatable bonds is 6. The molecule has 0 aliphatic carbocycles. The van der Waals surface area contributed by atoms with Crippen LogP contribution in [0.25, 0.3) is 0 Å². The lowest BCUT2D eigenvalue weighted by Crippen LogP contribution is -2.37. The van der Waals surface area contributed by atoms with Crippen molar-refractivity contribution in [1.82, 2.24) is 4.31 Å². The molecule has 1 unspecified atom stereocenters. The second kappa shape index (κ2) is 7.58. The molecule has 1 atom stereocenters. The van der Waals surface area contributed by atoms with E-state index in [1.54, 1.807) is 11.4 Å². The number of hydrogen-bond acceptors (Lipinski definition) is 3. The third-order valence-electron chi connectivity index (χ3n) is 4.80. The SMILES string of the molecule is COc1ccc(CC2CCCN2S(=O)(=O)Cc2ccccc2)cc1C. The standard InChI is InChI=1S/C20H25NO3S/c1-16-13-18(10-11-20(16)24-2)14-19-9-6-12-21(19)25(22,23)15-17-7-4-3-5-8-17/h3-5,7-8,10-11,13,19H,6,9,12,14-15H2,1-2H3. The van der Waals surface area contributed by atoms with Crippen molar-refractivity contribution in [1.29, 1.82) is 0 Å². The van der Waals surface area contributed by atoms with Crippen molar-refractivity contribution in [3.63, 3.8) is 0 Å². The molecular weight excluding hydrogens is 334 g/mol. The van der Waals surface area contributed by atoms with Gasteiger partial charge in [0.2, 0.25) is 10.0 Å². The maximum Gasteiger partial charge on any atom is 0.218 e. The molecule has 3 rings (SSSR count). The predicted octanol–water partition coefficient (Wildman–Crippen LogP) is 3.54. The number of aryl methyl sites for hydroxylation is 1. The van der Waals surface area contributed by atoms with Crippen molar-refractivity contribution in [3.05, 3.63) is 65.2 Å². The fourth-order valence-electron chi connectivity index (χ4n) is 3.59. The zero-order valence-corrected chi connectivity index (χ0v) is 15.6. The van der Waals surface area contributed by atoms with Crippen molar-refractivity contribution in [2.75, 3.05) is 13.7 Å². The molecule has 1 fully saturated rings. The Balaban J connectivity index is 1.75. The summed E-state index contributed by atoms with van der Waals surface area (Å²) in [5, 5.41) is 0. The number of hydrogen-bond donors (Lipinski definition) is 0. The molecule has 25 heavy (non-hydrogen) atoms. The van der Waals surface area contributed by atoms with E-state index in [4.69, 9.17) is 4.74 Å². The Morgan fingerprint density at radius 3 is 2.56 bits per heavy atom. The smallest absolute Gasteiger partial charge is 0.218 e. The minimum absolute atomic E-state index is 0.0431. The van der Waals surface area contributed by atoms with Gasteiger partial charge in [-0.25, -0.2) is 8.42 Å². The van der Waals surface area contributed by atoms with Gasteiger partial charge in [0.1, 0.15) is 5.75 Å². The van der Waals surface area contributed by atoms with E-state index in [1.165, 1.54) is 0 Å². The highest BCUT2D eigenvalue weighted by atomic mass is 32.2. The molecule has 0 spiro atoms. The second-order valence-electron chi connectivity index (χ2n) is 6.66. The van der Waals surface area contributed by atoms with Crippen LogP contribution in [0.5, 0.6) is 5.75 Å². The molecule has 0 N–H and O–H groups in total. The molecule has 0 aromatic heterocycles. The zero-order chi connectivity index (χ0) is 17.9. The Morgan fingerprint density at radius 2 is 1.88 bits per heavy atom. The third kappa shape index (κ3) is 4.22. The lowest BCUT2D eigenvalue weighted by atomic mass is 10.0. The number of sulfonamides is 1. The summed E-state index contributed by atoms with van der Waals surface area (Å²) in [4.78, 5) is 0. The Labute approximate surface area is 150 Å². The average Bonchev–Trinajstić information content (AvgIpc) is 3.05. The molecule has 0 radical (unpaired) electrons. The largest absolute Gasteiger partial charge is 0.496 e. The molecule has 4 nitrogen and oxygen atoms in total. The lowest BCUT2D eigenvalue weighted by Gasteiger charge is -2.24. The maximum absolute atomic E-state index is 12.9. The molecular formula is C20H25NO3S. The van der Waals surface area contributed by atoms with E-state index in [9.17, 15) is 8.42 Å². The Kier molecular flexibility index (Phi) is 5.45. The van der Waals surface area contributed by atoms with E-state index in [1.807, 2.05) is 49.4 Å². The van der Waals surface area contributed by atoms with Crippen LogP contribution in [0.2, 0.25) is 0 Å². The van der Waals surface area contributed by atoms with Gasteiger partial charge >= 0.3 is 0 Å². The van der Waals surface area contributed by atoms with Crippen molar-refractivity contribution in [2.24, 2.45) is 0 Å². The molecule has 2 aromatic rings. The Bertz CT molecular complexity index is 818. The first-order valence-electron chi connectivity index (χ1n) is 8.66. The molecule has 1 heterocycles. The predicted molar refractivity (Wildman–Crippen MR) is 100 cm³/mol. The van der Waals surface area contributed by atoms with Gasteiger partial charge in [-0.15, -0.1) is 0 Å². The molecule has 134 valence electrons. The van der Waals surface area contributed by atoms with E-state index in [0.717, 1.165) is 41.7 Å². The molecule has 5 heteroatoms. The van der Waals surface area contributed by atoms with Gasteiger partial charge in [-0.05, 0) is 48.9 Å². The summed E-state index contributed by atoms with van der Waals surface area (Å²) in [7, 11) is -1.63. The van der Waals surface area contributed by atoms with E-state index in [-0.39, 0.29) is 11.8 Å². The van der Waals surface area contributed by atoms with Crippen LogP contribution in [0.4, 0.5) is 0 Å². The van der Waals surface area contributed by atoms with Gasteiger partial charge in [0.15, 0.2) is 0 Å². The highest BCUT2D eigenvalue weighted by molar-refractivity contribution is 7.88. The first-order valence-corrected chi connectivity index (χ1v) is 10.3. The summed E-state index contributed by atoms with van der Waals surface area (Å²) in [6, 6.07) is 15.5. The monoisotopic (exact) mass is 359 g/mol. The molecule has 1 aliphatic heterocycles. The molecule has 1 saturated heterocycles. The summed E-state index contributed by atoms with van der Waals surface area (Å²) < 4.78 is 32.8. The molecule has 1 aliphatic rings. The maximum atomic E-state index is 12.9. The second-order valence-corrected chi connectivity index (χ2v) is 8.58. The van der Waals surface area contributed by atoms with Gasteiger partial charge in [0.25, 0.3) is 0 Å². The van der Waals surface area contributed by atoms with Crippen LogP contribution in [0.3, 0.4) is 0 Å². The fourth-order valence-corrected chi connectivity index (χ4v) is 5.41. The van der Waals surface area contributed by atoms with Crippen molar-refractivity contribution in [3.8, 4) is 5.75 Å². The molecule has 0 amide bonds. The van der Waals surface area contributed by atoms with E-state index in [2.05, 4.69) is 6.07 Å². The number of methoxy groups -OCH3 is 1. The molecule has 0 saturated carbocycles. The van der Waals surface area contributed by atoms with Crippen molar-refractivity contribution in [2.45, 2.75) is 38.0 Å². The normalized spacial score (nSPS) is 18.4. The number of ether oxygens (including phenoxy) is 1. The van der Waals surface area contributed by atoms with Gasteiger partial charge in [-0.3, -0.25) is 0 Å². The Morgan fingerprint density at radius 1 is 1.12 bits per heavy atom. The fraction of sp³-hybridized carbons (Fsp3) is 0.400. The van der Waals surface area contributed by atoms with E-state index >= 15 is 0 Å². The van der Waals surface area contributed by atoms with Gasteiger partial charge in [0, 0.05) is 12.6 Å². The third-order valence-corrected chi connectivity index (χ3v) is 6.70. The number of nitrogens with zero attached hydrogens (tertiary/aromatic N) is 1. The summed E-state index contributed by atoms with van der Waals surface area (Å²) in [6.45, 7) is 2.63. The summed E-state index contributed by atoms with van der Waals surface area (Å²) in [5.74, 6) is 0.940. The zero-order valence-electron chi connectivity index (χ0n) is 14.8. The first kappa shape index (κ1) is 18.0. The van der Waals surface area contributed by atoms with Gasteiger partial charge < -0.3 is 4.74 Å². The molecule has 2 aromatic carbocycles. The van der Waals surface area contributed by atoms with E-state index < -0.39 is 10.0 Å². The molecule has 0 bridgehead atoms. The summed E-state index contributed by atoms with van der Waals surface area (Å²) in [5.41, 5.74) is 3.08. The van der Waals surface area contributed by atoms with Gasteiger partial charge in [-0.2, -0.15) is 4.31 Å². The van der Waals surface area contributed by atoms with Gasteiger partial charge in [-0.1, -0.05) is 42.5 Å². The van der Waals surface area contributed by atoms with Gasteiger partial charge in [0.05, 0.1) is 12.9 Å². The van der Waals surface area contributed by atoms with Crippen molar-refractivity contribution >= 4 is 10.0 Å². The Hall–Kier alpha value is -1.85. The average molecular weight is 359 g/mol. The van der Waals surface area contributed by atoms with Crippen LogP contribution in [-0.4, -0.2) is 32.4 Å². The lowest BCUT2D eigenvalue weighted by molar-refractivity contribution is 0.384. The minimum Gasteiger partial charge on any atom is -0.496 e. The minimum atomic E-state index is -3.30. The highest BCUT2D eigenvalue weighted by Crippen LogP contribution is 2.27. The van der Waals surface area contributed by atoms with Crippen LogP contribution in [-0.2, 0) is 22.2 Å². The van der Waals surface area contributed by atoms with Crippen LogP contribution < -0.4 is 4.74 Å². The van der Waals surface area contributed by atoms with E-state index in [0.29, 0.717) is 6.54 Å². The topological polar surface area (TPSA) is 46.6 Å². The summed E-state index contributed by atoms with van der Waals surface area (Å²) >= 11 is 0. The first-order chi connectivity index (χ1) is 12.0. The van der Waals surface area contributed by atoms with Crippen LogP contribution in [0, 0.1) is 6.92 Å².